The molecule has 0 amide bonds. The van der Waals surface area contributed by atoms with Crippen LogP contribution in [0.15, 0.2) is 18.2 Å². The molecular formula is C15H24N2O3. The first-order chi connectivity index (χ1) is 9.54. The fourth-order valence-electron chi connectivity index (χ4n) is 2.48. The second kappa shape index (κ2) is 7.85. The second-order valence-electron chi connectivity index (χ2n) is 4.94. The molecule has 0 aliphatic carbocycles. The molecule has 5 nitrogen and oxygen atoms in total. The first-order valence-corrected chi connectivity index (χ1v) is 7.10. The largest absolute Gasteiger partial charge is 0.497 e. The van der Waals surface area contributed by atoms with Crippen molar-refractivity contribution in [1.29, 1.82) is 0 Å². The van der Waals surface area contributed by atoms with Gasteiger partial charge in [-0.25, -0.2) is 0 Å². The molecule has 1 aromatic rings. The summed E-state index contributed by atoms with van der Waals surface area (Å²) in [6.07, 6.45) is 1.88. The highest BCUT2D eigenvalue weighted by Crippen LogP contribution is 2.34. The Bertz CT molecular complexity index is 449. The van der Waals surface area contributed by atoms with Crippen LogP contribution in [0, 0.1) is 10.1 Å². The van der Waals surface area contributed by atoms with Crippen molar-refractivity contribution in [3.63, 3.8) is 0 Å². The van der Waals surface area contributed by atoms with Crippen LogP contribution in [0.3, 0.4) is 0 Å². The van der Waals surface area contributed by atoms with Gasteiger partial charge in [0.1, 0.15) is 5.75 Å². The Morgan fingerprint density at radius 3 is 2.60 bits per heavy atom. The number of hydrogen-bond donors (Lipinski definition) is 1. The first kappa shape index (κ1) is 16.4. The van der Waals surface area contributed by atoms with E-state index in [0.29, 0.717) is 5.75 Å². The monoisotopic (exact) mass is 280 g/mol. The molecule has 0 bridgehead atoms. The summed E-state index contributed by atoms with van der Waals surface area (Å²) in [6, 6.07) is 5.14. The summed E-state index contributed by atoms with van der Waals surface area (Å²) in [5, 5.41) is 14.6. The van der Waals surface area contributed by atoms with Crippen LogP contribution in [0.1, 0.15) is 45.1 Å². The van der Waals surface area contributed by atoms with Crippen molar-refractivity contribution in [3.8, 4) is 5.75 Å². The van der Waals surface area contributed by atoms with Crippen molar-refractivity contribution in [2.45, 2.75) is 45.6 Å². The molecule has 0 spiro atoms. The second-order valence-corrected chi connectivity index (χ2v) is 4.94. The summed E-state index contributed by atoms with van der Waals surface area (Å²) >= 11 is 0. The Hall–Kier alpha value is -1.62. The molecule has 2 unspecified atom stereocenters. The van der Waals surface area contributed by atoms with Crippen LogP contribution in [-0.2, 0) is 0 Å². The Labute approximate surface area is 120 Å². The van der Waals surface area contributed by atoms with E-state index in [1.54, 1.807) is 19.2 Å². The van der Waals surface area contributed by atoms with Gasteiger partial charge in [-0.05, 0) is 38.4 Å². The summed E-state index contributed by atoms with van der Waals surface area (Å²) in [5.74, 6) is 0.754. The summed E-state index contributed by atoms with van der Waals surface area (Å²) in [6.45, 7) is 7.15. The molecule has 0 fully saturated rings. The molecule has 0 aliphatic rings. The van der Waals surface area contributed by atoms with Gasteiger partial charge in [0.05, 0.1) is 12.0 Å². The average molecular weight is 280 g/mol. The molecule has 0 saturated heterocycles. The van der Waals surface area contributed by atoms with Gasteiger partial charge >= 0.3 is 0 Å². The predicted octanol–water partition coefficient (Wildman–Crippen LogP) is 3.49. The molecule has 112 valence electrons. The van der Waals surface area contributed by atoms with Gasteiger partial charge in [0.15, 0.2) is 0 Å². The van der Waals surface area contributed by atoms with Gasteiger partial charge in [-0.1, -0.05) is 13.8 Å². The predicted molar refractivity (Wildman–Crippen MR) is 80.4 cm³/mol. The molecule has 2 atom stereocenters. The Morgan fingerprint density at radius 2 is 2.10 bits per heavy atom. The number of nitro benzene ring substituents is 1. The Kier molecular flexibility index (Phi) is 6.45. The minimum Gasteiger partial charge on any atom is -0.497 e. The Balaban J connectivity index is 3.14. The van der Waals surface area contributed by atoms with E-state index in [-0.39, 0.29) is 22.6 Å². The van der Waals surface area contributed by atoms with Crippen molar-refractivity contribution >= 4 is 5.69 Å². The minimum absolute atomic E-state index is 0.0945. The van der Waals surface area contributed by atoms with Crippen LogP contribution in [0.25, 0.3) is 0 Å². The van der Waals surface area contributed by atoms with Gasteiger partial charge in [-0.3, -0.25) is 10.1 Å². The fourth-order valence-corrected chi connectivity index (χ4v) is 2.48. The van der Waals surface area contributed by atoms with Gasteiger partial charge in [0.25, 0.3) is 5.69 Å². The first-order valence-electron chi connectivity index (χ1n) is 7.10. The maximum atomic E-state index is 11.2. The lowest BCUT2D eigenvalue weighted by molar-refractivity contribution is -0.385. The maximum absolute atomic E-state index is 11.2. The lowest BCUT2D eigenvalue weighted by atomic mass is 9.88. The van der Waals surface area contributed by atoms with Crippen LogP contribution in [0.5, 0.6) is 5.75 Å². The van der Waals surface area contributed by atoms with E-state index in [4.69, 9.17) is 4.74 Å². The molecule has 0 heterocycles. The smallest absolute Gasteiger partial charge is 0.273 e. The molecular weight excluding hydrogens is 256 g/mol. The molecule has 0 saturated carbocycles. The number of nitrogens with one attached hydrogen (secondary N) is 1. The zero-order chi connectivity index (χ0) is 15.1. The molecule has 0 aliphatic heterocycles. The van der Waals surface area contributed by atoms with Gasteiger partial charge in [-0.15, -0.1) is 0 Å². The molecule has 0 radical (unpaired) electrons. The average Bonchev–Trinajstić information content (AvgIpc) is 2.45. The number of nitrogens with zero attached hydrogens (tertiary/aromatic N) is 1. The molecule has 1 rings (SSSR count). The van der Waals surface area contributed by atoms with E-state index in [0.717, 1.165) is 24.9 Å². The molecule has 0 aromatic heterocycles. The number of methoxy groups -OCH3 is 1. The van der Waals surface area contributed by atoms with E-state index < -0.39 is 0 Å². The van der Waals surface area contributed by atoms with Gasteiger partial charge in [-0.2, -0.15) is 0 Å². The van der Waals surface area contributed by atoms with Gasteiger partial charge < -0.3 is 10.1 Å². The summed E-state index contributed by atoms with van der Waals surface area (Å²) < 4.78 is 5.20. The van der Waals surface area contributed by atoms with Gasteiger partial charge in [0.2, 0.25) is 0 Å². The SMILES string of the molecule is CCCNC(C)C(CC)c1cc(OC)ccc1[N+](=O)[O-]. The highest BCUT2D eigenvalue weighted by Gasteiger charge is 2.25. The minimum atomic E-state index is -0.316. The normalized spacial score (nSPS) is 13.8. The quantitative estimate of drug-likeness (QED) is 0.585. The summed E-state index contributed by atoms with van der Waals surface area (Å²) in [4.78, 5) is 10.9. The highest BCUT2D eigenvalue weighted by molar-refractivity contribution is 5.47. The lowest BCUT2D eigenvalue weighted by Gasteiger charge is -2.24. The highest BCUT2D eigenvalue weighted by atomic mass is 16.6. The Morgan fingerprint density at radius 1 is 1.40 bits per heavy atom. The third-order valence-electron chi connectivity index (χ3n) is 3.59. The van der Waals surface area contributed by atoms with Crippen molar-refractivity contribution in [2.75, 3.05) is 13.7 Å². The standard InChI is InChI=1S/C15H24N2O3/c1-5-9-16-11(3)13(6-2)14-10-12(20-4)7-8-15(14)17(18)19/h7-8,10-11,13,16H,5-6,9H2,1-4H3. The van der Waals surface area contributed by atoms with Crippen LogP contribution >= 0.6 is 0 Å². The number of hydrogen-bond acceptors (Lipinski definition) is 4. The molecule has 1 N–H and O–H groups in total. The van der Waals surface area contributed by atoms with E-state index >= 15 is 0 Å². The van der Waals surface area contributed by atoms with E-state index in [1.165, 1.54) is 6.07 Å². The summed E-state index contributed by atoms with van der Waals surface area (Å²) in [5.41, 5.74) is 0.913. The topological polar surface area (TPSA) is 64.4 Å². The van der Waals surface area contributed by atoms with Crippen LogP contribution in [0.2, 0.25) is 0 Å². The lowest BCUT2D eigenvalue weighted by Crippen LogP contribution is -2.32. The van der Waals surface area contributed by atoms with Gasteiger partial charge in [0, 0.05) is 23.6 Å². The number of ether oxygens (including phenoxy) is 1. The van der Waals surface area contributed by atoms with Crippen LogP contribution in [0.4, 0.5) is 5.69 Å². The number of nitro groups is 1. The van der Waals surface area contributed by atoms with Crippen molar-refractivity contribution in [1.82, 2.24) is 5.32 Å². The fraction of sp³-hybridized carbons (Fsp3) is 0.600. The third-order valence-corrected chi connectivity index (χ3v) is 3.59. The van der Waals surface area contributed by atoms with Crippen molar-refractivity contribution in [2.24, 2.45) is 0 Å². The summed E-state index contributed by atoms with van der Waals surface area (Å²) in [7, 11) is 1.57. The van der Waals surface area contributed by atoms with Crippen LogP contribution in [-0.4, -0.2) is 24.6 Å². The molecule has 20 heavy (non-hydrogen) atoms. The van der Waals surface area contributed by atoms with Crippen LogP contribution < -0.4 is 10.1 Å². The number of rotatable bonds is 8. The van der Waals surface area contributed by atoms with E-state index in [2.05, 4.69) is 26.1 Å². The van der Waals surface area contributed by atoms with E-state index in [1.807, 2.05) is 0 Å². The third kappa shape index (κ3) is 3.93. The zero-order valence-electron chi connectivity index (χ0n) is 12.7. The van der Waals surface area contributed by atoms with Crippen molar-refractivity contribution in [3.05, 3.63) is 33.9 Å². The molecule has 1 aromatic carbocycles. The van der Waals surface area contributed by atoms with E-state index in [9.17, 15) is 10.1 Å². The number of benzene rings is 1. The zero-order valence-corrected chi connectivity index (χ0v) is 12.7. The van der Waals surface area contributed by atoms with Crippen molar-refractivity contribution < 1.29 is 9.66 Å². The molecule has 5 heteroatoms. The maximum Gasteiger partial charge on any atom is 0.273 e.